The number of hydrogen-bond donors (Lipinski definition) is 2. The van der Waals surface area contributed by atoms with Crippen molar-refractivity contribution in [2.45, 2.75) is 20.4 Å². The maximum absolute atomic E-state index is 12.4. The van der Waals surface area contributed by atoms with Crippen LogP contribution in [-0.4, -0.2) is 20.9 Å². The first-order valence-electron chi connectivity index (χ1n) is 7.96. The Morgan fingerprint density at radius 1 is 1.04 bits per heavy atom. The largest absolute Gasteiger partial charge is 0.350 e. The molecule has 0 radical (unpaired) electrons. The number of nitrogens with one attached hydrogen (secondary N) is 2. The summed E-state index contributed by atoms with van der Waals surface area (Å²) in [5.74, 6) is 0.145. The van der Waals surface area contributed by atoms with Gasteiger partial charge in [0.05, 0.1) is 0 Å². The molecule has 0 aliphatic rings. The molecule has 3 rings (SSSR count). The second-order valence-corrected chi connectivity index (χ2v) is 5.75. The van der Waals surface area contributed by atoms with Crippen molar-refractivity contribution in [3.63, 3.8) is 0 Å². The average Bonchev–Trinajstić information content (AvgIpc) is 2.63. The Labute approximate surface area is 146 Å². The van der Waals surface area contributed by atoms with E-state index in [0.717, 1.165) is 22.4 Å². The predicted molar refractivity (Wildman–Crippen MR) is 97.5 cm³/mol. The van der Waals surface area contributed by atoms with Crippen molar-refractivity contribution in [3.05, 3.63) is 77.4 Å². The van der Waals surface area contributed by atoms with Gasteiger partial charge in [-0.1, -0.05) is 17.7 Å². The van der Waals surface area contributed by atoms with Crippen LogP contribution in [0.25, 0.3) is 0 Å². The van der Waals surface area contributed by atoms with E-state index in [-0.39, 0.29) is 5.91 Å². The molecule has 0 aliphatic heterocycles. The molecule has 0 aliphatic carbocycles. The highest BCUT2D eigenvalue weighted by Gasteiger charge is 2.10. The van der Waals surface area contributed by atoms with E-state index in [4.69, 9.17) is 0 Å². The lowest BCUT2D eigenvalue weighted by atomic mass is 10.1. The normalized spacial score (nSPS) is 10.3. The molecule has 6 heteroatoms. The maximum Gasteiger partial charge on any atom is 0.274 e. The minimum Gasteiger partial charge on any atom is -0.350 e. The number of benzene rings is 1. The third-order valence-electron chi connectivity index (χ3n) is 3.72. The summed E-state index contributed by atoms with van der Waals surface area (Å²) < 4.78 is 0. The van der Waals surface area contributed by atoms with Gasteiger partial charge in [-0.25, -0.2) is 9.97 Å². The van der Waals surface area contributed by atoms with Crippen molar-refractivity contribution < 1.29 is 4.79 Å². The fourth-order valence-electron chi connectivity index (χ4n) is 2.39. The molecule has 25 heavy (non-hydrogen) atoms. The van der Waals surface area contributed by atoms with Gasteiger partial charge in [0.15, 0.2) is 0 Å². The summed E-state index contributed by atoms with van der Waals surface area (Å²) in [4.78, 5) is 24.9. The molecule has 0 saturated heterocycles. The highest BCUT2D eigenvalue weighted by molar-refractivity contribution is 6.03. The van der Waals surface area contributed by atoms with E-state index in [1.54, 1.807) is 24.7 Å². The van der Waals surface area contributed by atoms with E-state index in [2.05, 4.69) is 25.6 Å². The number of pyridine rings is 1. The Morgan fingerprint density at radius 2 is 1.84 bits per heavy atom. The van der Waals surface area contributed by atoms with Gasteiger partial charge in [0.1, 0.15) is 5.69 Å². The van der Waals surface area contributed by atoms with Crippen molar-refractivity contribution >= 4 is 17.5 Å². The molecule has 0 bridgehead atoms. The fourth-order valence-corrected chi connectivity index (χ4v) is 2.39. The average molecular weight is 333 g/mol. The van der Waals surface area contributed by atoms with Gasteiger partial charge in [0.25, 0.3) is 5.91 Å². The van der Waals surface area contributed by atoms with Crippen LogP contribution in [-0.2, 0) is 6.54 Å². The Kier molecular flexibility index (Phi) is 4.99. The molecule has 0 spiro atoms. The maximum atomic E-state index is 12.4. The standard InChI is InChI=1S/C19H19N5O/c1-13-3-4-16(14(2)11-13)23-18(25)17-7-10-21-19(24-17)22-12-15-5-8-20-9-6-15/h3-11H,12H2,1-2H3,(H,23,25)(H,21,22,24). The molecular formula is C19H19N5O. The Morgan fingerprint density at radius 3 is 2.60 bits per heavy atom. The van der Waals surface area contributed by atoms with Crippen molar-refractivity contribution in [2.75, 3.05) is 10.6 Å². The van der Waals surface area contributed by atoms with E-state index in [0.29, 0.717) is 18.2 Å². The quantitative estimate of drug-likeness (QED) is 0.748. The fraction of sp³-hybridized carbons (Fsp3) is 0.158. The molecule has 2 aromatic heterocycles. The number of amides is 1. The zero-order chi connectivity index (χ0) is 17.6. The molecule has 3 aromatic rings. The minimum absolute atomic E-state index is 0.263. The lowest BCUT2D eigenvalue weighted by molar-refractivity contribution is 0.102. The molecule has 126 valence electrons. The van der Waals surface area contributed by atoms with E-state index < -0.39 is 0 Å². The molecule has 2 N–H and O–H groups in total. The summed E-state index contributed by atoms with van der Waals surface area (Å²) >= 11 is 0. The van der Waals surface area contributed by atoms with Crippen LogP contribution >= 0.6 is 0 Å². The second-order valence-electron chi connectivity index (χ2n) is 5.75. The van der Waals surface area contributed by atoms with Crippen LogP contribution in [0.1, 0.15) is 27.2 Å². The summed E-state index contributed by atoms with van der Waals surface area (Å²) in [6.07, 6.45) is 5.02. The number of rotatable bonds is 5. The number of carbonyl (C=O) groups excluding carboxylic acids is 1. The molecular weight excluding hydrogens is 314 g/mol. The van der Waals surface area contributed by atoms with Crippen LogP contribution in [0, 0.1) is 13.8 Å². The van der Waals surface area contributed by atoms with Gasteiger partial charge < -0.3 is 10.6 Å². The SMILES string of the molecule is Cc1ccc(NC(=O)c2ccnc(NCc3ccncc3)n2)c(C)c1. The van der Waals surface area contributed by atoms with Crippen LogP contribution in [0.3, 0.4) is 0 Å². The first kappa shape index (κ1) is 16.6. The molecule has 6 nitrogen and oxygen atoms in total. The summed E-state index contributed by atoms with van der Waals surface area (Å²) in [5.41, 5.74) is 4.31. The first-order chi connectivity index (χ1) is 12.1. The zero-order valence-corrected chi connectivity index (χ0v) is 14.2. The van der Waals surface area contributed by atoms with E-state index in [9.17, 15) is 4.79 Å². The predicted octanol–water partition coefficient (Wildman–Crippen LogP) is 3.35. The molecule has 0 saturated carbocycles. The van der Waals surface area contributed by atoms with E-state index >= 15 is 0 Å². The van der Waals surface area contributed by atoms with Crippen LogP contribution in [0.4, 0.5) is 11.6 Å². The van der Waals surface area contributed by atoms with Gasteiger partial charge in [-0.2, -0.15) is 0 Å². The van der Waals surface area contributed by atoms with Crippen molar-refractivity contribution in [3.8, 4) is 0 Å². The number of anilines is 2. The molecule has 1 aromatic carbocycles. The Bertz CT molecular complexity index is 880. The molecule has 1 amide bonds. The van der Waals surface area contributed by atoms with Gasteiger partial charge in [-0.05, 0) is 49.2 Å². The van der Waals surface area contributed by atoms with Crippen LogP contribution in [0.2, 0.25) is 0 Å². The summed E-state index contributed by atoms with van der Waals surface area (Å²) in [7, 11) is 0. The number of carbonyl (C=O) groups is 1. The smallest absolute Gasteiger partial charge is 0.274 e. The number of nitrogens with zero attached hydrogens (tertiary/aromatic N) is 3. The van der Waals surface area contributed by atoms with E-state index in [1.807, 2.05) is 44.2 Å². The molecule has 2 heterocycles. The number of aryl methyl sites for hydroxylation is 2. The zero-order valence-electron chi connectivity index (χ0n) is 14.2. The van der Waals surface area contributed by atoms with Gasteiger partial charge in [0.2, 0.25) is 5.95 Å². The number of aromatic nitrogens is 3. The van der Waals surface area contributed by atoms with Gasteiger partial charge in [0, 0.05) is 30.8 Å². The summed E-state index contributed by atoms with van der Waals surface area (Å²) in [6.45, 7) is 4.54. The van der Waals surface area contributed by atoms with Crippen molar-refractivity contribution in [2.24, 2.45) is 0 Å². The van der Waals surface area contributed by atoms with Crippen LogP contribution in [0.15, 0.2) is 55.0 Å². The Hall–Kier alpha value is -3.28. The van der Waals surface area contributed by atoms with Crippen LogP contribution in [0.5, 0.6) is 0 Å². The highest BCUT2D eigenvalue weighted by atomic mass is 16.1. The van der Waals surface area contributed by atoms with Crippen molar-refractivity contribution in [1.29, 1.82) is 0 Å². The molecule has 0 unspecified atom stereocenters. The monoisotopic (exact) mass is 333 g/mol. The molecule has 0 atom stereocenters. The third kappa shape index (κ3) is 4.38. The summed E-state index contributed by atoms with van der Waals surface area (Å²) in [5, 5.41) is 6.00. The van der Waals surface area contributed by atoms with Gasteiger partial charge in [-0.15, -0.1) is 0 Å². The van der Waals surface area contributed by atoms with Crippen molar-refractivity contribution in [1.82, 2.24) is 15.0 Å². The summed E-state index contributed by atoms with van der Waals surface area (Å²) in [6, 6.07) is 11.3. The third-order valence-corrected chi connectivity index (χ3v) is 3.72. The second kappa shape index (κ2) is 7.53. The lowest BCUT2D eigenvalue weighted by Crippen LogP contribution is -2.16. The van der Waals surface area contributed by atoms with Gasteiger partial charge >= 0.3 is 0 Å². The highest BCUT2D eigenvalue weighted by Crippen LogP contribution is 2.17. The lowest BCUT2D eigenvalue weighted by Gasteiger charge is -2.10. The molecule has 0 fully saturated rings. The minimum atomic E-state index is -0.263. The van der Waals surface area contributed by atoms with Crippen LogP contribution < -0.4 is 10.6 Å². The van der Waals surface area contributed by atoms with E-state index in [1.165, 1.54) is 0 Å². The first-order valence-corrected chi connectivity index (χ1v) is 7.96. The van der Waals surface area contributed by atoms with Gasteiger partial charge in [-0.3, -0.25) is 9.78 Å². The number of hydrogen-bond acceptors (Lipinski definition) is 5. The Balaban J connectivity index is 1.69. The topological polar surface area (TPSA) is 79.8 Å².